The zero-order valence-electron chi connectivity index (χ0n) is 13.2. The second-order valence-corrected chi connectivity index (χ2v) is 6.65. The third kappa shape index (κ3) is 3.03. The lowest BCUT2D eigenvalue weighted by molar-refractivity contribution is -0.919. The molecule has 1 N–H and O–H groups in total. The standard InChI is InChI=1S/C18H23NO2/c1-12-4-6-19(7-5-12)11-15-10-17(20)21-16-9-13(2)8-14(3)18(15)16/h8-10,12H,4-7,11H2,1-3H3/p+1. The molecule has 3 rings (SSSR count). The van der Waals surface area contributed by atoms with Gasteiger partial charge in [0.2, 0.25) is 0 Å². The Morgan fingerprint density at radius 1 is 1.19 bits per heavy atom. The van der Waals surface area contributed by atoms with Crippen molar-refractivity contribution >= 4 is 11.0 Å². The van der Waals surface area contributed by atoms with Gasteiger partial charge < -0.3 is 9.32 Å². The number of fused-ring (bicyclic) bond motifs is 1. The number of quaternary nitrogens is 1. The van der Waals surface area contributed by atoms with Gasteiger partial charge in [-0.1, -0.05) is 13.0 Å². The van der Waals surface area contributed by atoms with E-state index < -0.39 is 0 Å². The van der Waals surface area contributed by atoms with Crippen molar-refractivity contribution in [1.82, 2.24) is 0 Å². The maximum absolute atomic E-state index is 11.8. The molecule has 0 unspecified atom stereocenters. The molecule has 0 radical (unpaired) electrons. The summed E-state index contributed by atoms with van der Waals surface area (Å²) in [6.45, 7) is 9.80. The summed E-state index contributed by atoms with van der Waals surface area (Å²) in [4.78, 5) is 13.4. The van der Waals surface area contributed by atoms with Crippen molar-refractivity contribution in [1.29, 1.82) is 0 Å². The molecule has 1 aliphatic heterocycles. The van der Waals surface area contributed by atoms with Crippen molar-refractivity contribution in [2.75, 3.05) is 13.1 Å². The SMILES string of the molecule is Cc1cc(C)c2c(C[NH+]3CCC(C)CC3)cc(=O)oc2c1. The van der Waals surface area contributed by atoms with Crippen molar-refractivity contribution < 1.29 is 9.32 Å². The number of rotatable bonds is 2. The molecule has 2 heterocycles. The fourth-order valence-electron chi connectivity index (χ4n) is 3.53. The van der Waals surface area contributed by atoms with Gasteiger partial charge in [-0.3, -0.25) is 0 Å². The fourth-order valence-corrected chi connectivity index (χ4v) is 3.53. The van der Waals surface area contributed by atoms with Crippen molar-refractivity contribution in [3.8, 4) is 0 Å². The van der Waals surface area contributed by atoms with Gasteiger partial charge in [0, 0.05) is 17.0 Å². The summed E-state index contributed by atoms with van der Waals surface area (Å²) in [5.41, 5.74) is 3.99. The molecule has 1 aromatic carbocycles. The number of hydrogen-bond acceptors (Lipinski definition) is 2. The minimum atomic E-state index is -0.229. The summed E-state index contributed by atoms with van der Waals surface area (Å²) in [7, 11) is 0. The number of benzene rings is 1. The molecule has 1 fully saturated rings. The molecule has 0 atom stereocenters. The van der Waals surface area contributed by atoms with Crippen LogP contribution >= 0.6 is 0 Å². The molecular weight excluding hydrogens is 262 g/mol. The normalized spacial score (nSPS) is 22.6. The van der Waals surface area contributed by atoms with Gasteiger partial charge in [0.05, 0.1) is 13.1 Å². The Morgan fingerprint density at radius 2 is 1.90 bits per heavy atom. The highest BCUT2D eigenvalue weighted by molar-refractivity contribution is 5.84. The summed E-state index contributed by atoms with van der Waals surface area (Å²) in [5, 5.41) is 1.13. The van der Waals surface area contributed by atoms with Gasteiger partial charge in [0.1, 0.15) is 12.1 Å². The Morgan fingerprint density at radius 3 is 2.62 bits per heavy atom. The third-order valence-corrected chi connectivity index (χ3v) is 4.69. The molecule has 3 nitrogen and oxygen atoms in total. The molecule has 21 heavy (non-hydrogen) atoms. The second kappa shape index (κ2) is 5.64. The number of piperidine rings is 1. The van der Waals surface area contributed by atoms with E-state index in [1.807, 2.05) is 13.0 Å². The molecule has 112 valence electrons. The molecule has 1 aliphatic rings. The highest BCUT2D eigenvalue weighted by atomic mass is 16.4. The van der Waals surface area contributed by atoms with E-state index in [4.69, 9.17) is 4.42 Å². The second-order valence-electron chi connectivity index (χ2n) is 6.65. The summed E-state index contributed by atoms with van der Waals surface area (Å²) in [5.74, 6) is 0.843. The highest BCUT2D eigenvalue weighted by Gasteiger charge is 2.21. The maximum Gasteiger partial charge on any atom is 0.336 e. The Labute approximate surface area is 125 Å². The van der Waals surface area contributed by atoms with Crippen LogP contribution in [0.5, 0.6) is 0 Å². The number of likely N-dealkylation sites (tertiary alicyclic amines) is 1. The first-order valence-corrected chi connectivity index (χ1v) is 7.90. The maximum atomic E-state index is 11.8. The van der Waals surface area contributed by atoms with Crippen molar-refractivity contribution in [2.45, 2.75) is 40.2 Å². The first kappa shape index (κ1) is 14.3. The summed E-state index contributed by atoms with van der Waals surface area (Å²) in [6.07, 6.45) is 2.57. The summed E-state index contributed by atoms with van der Waals surface area (Å²) >= 11 is 0. The van der Waals surface area contributed by atoms with Crippen LogP contribution in [0, 0.1) is 19.8 Å². The largest absolute Gasteiger partial charge is 0.423 e. The quantitative estimate of drug-likeness (QED) is 0.859. The lowest BCUT2D eigenvalue weighted by atomic mass is 9.97. The highest BCUT2D eigenvalue weighted by Crippen LogP contribution is 2.22. The van der Waals surface area contributed by atoms with Crippen LogP contribution in [0.4, 0.5) is 0 Å². The van der Waals surface area contributed by atoms with Crippen molar-refractivity contribution in [2.24, 2.45) is 5.92 Å². The van der Waals surface area contributed by atoms with Crippen LogP contribution < -0.4 is 10.5 Å². The van der Waals surface area contributed by atoms with E-state index in [9.17, 15) is 4.79 Å². The van der Waals surface area contributed by atoms with Crippen molar-refractivity contribution in [3.63, 3.8) is 0 Å². The van der Waals surface area contributed by atoms with Gasteiger partial charge in [-0.05, 0) is 49.8 Å². The zero-order chi connectivity index (χ0) is 15.0. The van der Waals surface area contributed by atoms with Gasteiger partial charge in [-0.2, -0.15) is 0 Å². The zero-order valence-corrected chi connectivity index (χ0v) is 13.2. The van der Waals surface area contributed by atoms with Crippen LogP contribution in [0.15, 0.2) is 27.4 Å². The Bertz CT molecular complexity index is 709. The van der Waals surface area contributed by atoms with Gasteiger partial charge in [0.25, 0.3) is 0 Å². The van der Waals surface area contributed by atoms with Crippen LogP contribution in [0.3, 0.4) is 0 Å². The summed E-state index contributed by atoms with van der Waals surface area (Å²) < 4.78 is 5.41. The van der Waals surface area contributed by atoms with E-state index in [0.717, 1.165) is 34.6 Å². The monoisotopic (exact) mass is 286 g/mol. The number of nitrogens with one attached hydrogen (secondary N) is 1. The molecule has 0 amide bonds. The average Bonchev–Trinajstić information content (AvgIpc) is 2.40. The van der Waals surface area contributed by atoms with Gasteiger partial charge >= 0.3 is 5.63 Å². The minimum absolute atomic E-state index is 0.229. The van der Waals surface area contributed by atoms with E-state index in [1.165, 1.54) is 31.5 Å². The van der Waals surface area contributed by atoms with E-state index in [-0.39, 0.29) is 5.63 Å². The minimum Gasteiger partial charge on any atom is -0.423 e. The van der Waals surface area contributed by atoms with E-state index in [1.54, 1.807) is 11.0 Å². The van der Waals surface area contributed by atoms with Crippen LogP contribution in [0.1, 0.15) is 36.5 Å². The smallest absolute Gasteiger partial charge is 0.336 e. The Balaban J connectivity index is 1.99. The van der Waals surface area contributed by atoms with E-state index >= 15 is 0 Å². The average molecular weight is 286 g/mol. The first-order chi connectivity index (χ1) is 10.0. The lowest BCUT2D eigenvalue weighted by Crippen LogP contribution is -3.11. The molecule has 1 aromatic heterocycles. The van der Waals surface area contributed by atoms with Crippen LogP contribution in [0.25, 0.3) is 11.0 Å². The molecular formula is C18H24NO2+. The van der Waals surface area contributed by atoms with E-state index in [2.05, 4.69) is 19.9 Å². The molecule has 0 aliphatic carbocycles. The van der Waals surface area contributed by atoms with Crippen molar-refractivity contribution in [3.05, 3.63) is 45.3 Å². The van der Waals surface area contributed by atoms with E-state index in [0.29, 0.717) is 0 Å². The molecule has 0 saturated carbocycles. The molecule has 2 aromatic rings. The number of hydrogen-bond donors (Lipinski definition) is 1. The van der Waals surface area contributed by atoms with Gasteiger partial charge in [-0.25, -0.2) is 4.79 Å². The lowest BCUT2D eigenvalue weighted by Gasteiger charge is -2.27. The topological polar surface area (TPSA) is 34.7 Å². The Hall–Kier alpha value is -1.61. The predicted octanol–water partition coefficient (Wildman–Crippen LogP) is 2.22. The van der Waals surface area contributed by atoms with Gasteiger partial charge in [0.15, 0.2) is 0 Å². The molecule has 1 saturated heterocycles. The fraction of sp³-hybridized carbons (Fsp3) is 0.500. The van der Waals surface area contributed by atoms with Gasteiger partial charge in [-0.15, -0.1) is 0 Å². The first-order valence-electron chi connectivity index (χ1n) is 7.90. The Kier molecular flexibility index (Phi) is 3.85. The van der Waals surface area contributed by atoms with Crippen LogP contribution in [-0.4, -0.2) is 13.1 Å². The van der Waals surface area contributed by atoms with Crippen LogP contribution in [0.2, 0.25) is 0 Å². The molecule has 0 bridgehead atoms. The van der Waals surface area contributed by atoms with Crippen LogP contribution in [-0.2, 0) is 6.54 Å². The predicted molar refractivity (Wildman–Crippen MR) is 84.8 cm³/mol. The number of aryl methyl sites for hydroxylation is 2. The molecule has 0 spiro atoms. The third-order valence-electron chi connectivity index (χ3n) is 4.69. The summed E-state index contributed by atoms with van der Waals surface area (Å²) in [6, 6.07) is 5.83. The molecule has 3 heteroatoms.